The zero-order valence-corrected chi connectivity index (χ0v) is 15.0. The fourth-order valence-corrected chi connectivity index (χ4v) is 2.96. The van der Waals surface area contributed by atoms with Crippen LogP contribution >= 0.6 is 0 Å². The summed E-state index contributed by atoms with van der Waals surface area (Å²) < 4.78 is 40.4. The van der Waals surface area contributed by atoms with Gasteiger partial charge in [-0.1, -0.05) is 72.8 Å². The fraction of sp³-hybridized carbons (Fsp3) is 0.0833. The van der Waals surface area contributed by atoms with Crippen molar-refractivity contribution >= 4 is 5.57 Å². The minimum Gasteiger partial charge on any atom is -0.215 e. The number of aryl methyl sites for hydroxylation is 1. The Bertz CT molecular complexity index is 981. The third-order valence-corrected chi connectivity index (χ3v) is 4.43. The summed E-state index contributed by atoms with van der Waals surface area (Å²) in [6.07, 6.45) is -0.128. The van der Waals surface area contributed by atoms with Crippen molar-refractivity contribution in [3.63, 3.8) is 0 Å². The standard InChI is InChI=1S/C24H19F3/c1-16-3-5-18(6-4-16)19-7-9-20(10-8-19)21-11-12-23(24(27)14-21)22(15-25)13-17(2)26/h3-12,14-15H,2,13H2,1H3/b22-15+. The molecular weight excluding hydrogens is 345 g/mol. The maximum Gasteiger partial charge on any atom is 0.131 e. The van der Waals surface area contributed by atoms with E-state index in [-0.39, 0.29) is 23.9 Å². The van der Waals surface area contributed by atoms with Crippen LogP contribution in [0.3, 0.4) is 0 Å². The van der Waals surface area contributed by atoms with Crippen LogP contribution in [-0.4, -0.2) is 0 Å². The number of rotatable bonds is 5. The molecule has 0 aliphatic rings. The maximum absolute atomic E-state index is 14.4. The molecule has 0 N–H and O–H groups in total. The lowest BCUT2D eigenvalue weighted by molar-refractivity contribution is 0.610. The van der Waals surface area contributed by atoms with Gasteiger partial charge in [-0.3, -0.25) is 0 Å². The Hall–Kier alpha value is -3.07. The van der Waals surface area contributed by atoms with Crippen LogP contribution in [0.4, 0.5) is 13.2 Å². The third kappa shape index (κ3) is 4.37. The molecule has 0 aromatic heterocycles. The highest BCUT2D eigenvalue weighted by atomic mass is 19.1. The quantitative estimate of drug-likeness (QED) is 0.436. The number of halogens is 3. The second-order valence-electron chi connectivity index (χ2n) is 6.47. The lowest BCUT2D eigenvalue weighted by Crippen LogP contribution is -1.92. The SMILES string of the molecule is C=C(F)C/C(=C\F)c1ccc(-c2ccc(-c3ccc(C)cc3)cc2)cc1F. The van der Waals surface area contributed by atoms with Crippen molar-refractivity contribution in [2.75, 3.05) is 0 Å². The summed E-state index contributed by atoms with van der Waals surface area (Å²) in [4.78, 5) is 0. The van der Waals surface area contributed by atoms with Gasteiger partial charge in [-0.25, -0.2) is 13.2 Å². The molecule has 3 aromatic rings. The van der Waals surface area contributed by atoms with Gasteiger partial charge in [0.25, 0.3) is 0 Å². The molecule has 0 amide bonds. The second-order valence-corrected chi connectivity index (χ2v) is 6.47. The van der Waals surface area contributed by atoms with Crippen molar-refractivity contribution in [1.29, 1.82) is 0 Å². The van der Waals surface area contributed by atoms with E-state index in [2.05, 4.69) is 30.8 Å². The number of benzene rings is 3. The van der Waals surface area contributed by atoms with Gasteiger partial charge in [-0.2, -0.15) is 0 Å². The lowest BCUT2D eigenvalue weighted by atomic mass is 9.97. The van der Waals surface area contributed by atoms with Gasteiger partial charge in [0.2, 0.25) is 0 Å². The van der Waals surface area contributed by atoms with Crippen LogP contribution in [0.1, 0.15) is 17.5 Å². The van der Waals surface area contributed by atoms with Crippen molar-refractivity contribution in [2.45, 2.75) is 13.3 Å². The average molecular weight is 364 g/mol. The van der Waals surface area contributed by atoms with Gasteiger partial charge >= 0.3 is 0 Å². The molecule has 3 aromatic carbocycles. The van der Waals surface area contributed by atoms with Gasteiger partial charge in [0, 0.05) is 12.0 Å². The van der Waals surface area contributed by atoms with E-state index in [0.29, 0.717) is 5.56 Å². The van der Waals surface area contributed by atoms with Gasteiger partial charge in [0.05, 0.1) is 12.2 Å². The average Bonchev–Trinajstić information content (AvgIpc) is 2.67. The summed E-state index contributed by atoms with van der Waals surface area (Å²) in [5, 5.41) is 0. The van der Waals surface area contributed by atoms with Crippen LogP contribution in [0, 0.1) is 12.7 Å². The molecule has 0 nitrogen and oxygen atoms in total. The van der Waals surface area contributed by atoms with E-state index >= 15 is 0 Å². The Kier molecular flexibility index (Phi) is 5.60. The summed E-state index contributed by atoms with van der Waals surface area (Å²) in [7, 11) is 0. The number of allylic oxidation sites excluding steroid dienone is 2. The van der Waals surface area contributed by atoms with E-state index in [1.807, 2.05) is 31.2 Å². The molecule has 3 rings (SSSR count). The zero-order valence-electron chi connectivity index (χ0n) is 15.0. The van der Waals surface area contributed by atoms with Crippen LogP contribution in [-0.2, 0) is 0 Å². The predicted octanol–water partition coefficient (Wildman–Crippen LogP) is 7.65. The maximum atomic E-state index is 14.4. The van der Waals surface area contributed by atoms with Crippen LogP contribution in [0.5, 0.6) is 0 Å². The zero-order chi connectivity index (χ0) is 19.4. The highest BCUT2D eigenvalue weighted by molar-refractivity contribution is 5.73. The minimum absolute atomic E-state index is 0.0383. The summed E-state index contributed by atoms with van der Waals surface area (Å²) in [5.41, 5.74) is 4.86. The summed E-state index contributed by atoms with van der Waals surface area (Å²) in [6.45, 7) is 5.14. The Labute approximate surface area is 157 Å². The molecule has 0 fully saturated rings. The van der Waals surface area contributed by atoms with E-state index in [9.17, 15) is 13.2 Å². The van der Waals surface area contributed by atoms with Crippen LogP contribution in [0.2, 0.25) is 0 Å². The molecule has 0 saturated carbocycles. The van der Waals surface area contributed by atoms with Crippen molar-refractivity contribution < 1.29 is 13.2 Å². The highest BCUT2D eigenvalue weighted by Crippen LogP contribution is 2.30. The first-order valence-electron chi connectivity index (χ1n) is 8.58. The van der Waals surface area contributed by atoms with E-state index in [4.69, 9.17) is 0 Å². The molecule has 0 atom stereocenters. The van der Waals surface area contributed by atoms with Crippen molar-refractivity contribution in [3.05, 3.63) is 102 Å². The molecule has 0 saturated heterocycles. The van der Waals surface area contributed by atoms with Gasteiger partial charge in [-0.05, 0) is 40.8 Å². The van der Waals surface area contributed by atoms with Crippen LogP contribution in [0.25, 0.3) is 27.8 Å². The topological polar surface area (TPSA) is 0 Å². The van der Waals surface area contributed by atoms with Crippen molar-refractivity contribution in [1.82, 2.24) is 0 Å². The van der Waals surface area contributed by atoms with Gasteiger partial charge in [0.15, 0.2) is 0 Å². The Morgan fingerprint density at radius 1 is 0.852 bits per heavy atom. The molecule has 0 spiro atoms. The molecule has 3 heteroatoms. The van der Waals surface area contributed by atoms with E-state index in [1.54, 1.807) is 6.07 Å². The summed E-state index contributed by atoms with van der Waals surface area (Å²) in [5.74, 6) is -1.31. The minimum atomic E-state index is -0.714. The highest BCUT2D eigenvalue weighted by Gasteiger charge is 2.11. The first-order valence-corrected chi connectivity index (χ1v) is 8.58. The Morgan fingerprint density at radius 3 is 1.81 bits per heavy atom. The van der Waals surface area contributed by atoms with Gasteiger partial charge in [-0.15, -0.1) is 0 Å². The summed E-state index contributed by atoms with van der Waals surface area (Å²) in [6, 6.07) is 20.5. The van der Waals surface area contributed by atoms with Crippen molar-refractivity contribution in [3.8, 4) is 22.3 Å². The Morgan fingerprint density at radius 2 is 1.33 bits per heavy atom. The number of hydrogen-bond donors (Lipinski definition) is 0. The largest absolute Gasteiger partial charge is 0.215 e. The van der Waals surface area contributed by atoms with Crippen molar-refractivity contribution in [2.24, 2.45) is 0 Å². The molecule has 0 bridgehead atoms. The molecule has 136 valence electrons. The molecule has 0 aliphatic carbocycles. The van der Waals surface area contributed by atoms with Gasteiger partial charge < -0.3 is 0 Å². The smallest absolute Gasteiger partial charge is 0.131 e. The van der Waals surface area contributed by atoms with E-state index < -0.39 is 11.6 Å². The molecule has 0 heterocycles. The summed E-state index contributed by atoms with van der Waals surface area (Å²) >= 11 is 0. The first kappa shape index (κ1) is 18.7. The molecule has 27 heavy (non-hydrogen) atoms. The van der Waals surface area contributed by atoms with E-state index in [0.717, 1.165) is 16.7 Å². The second kappa shape index (κ2) is 8.09. The lowest BCUT2D eigenvalue weighted by Gasteiger charge is -2.09. The van der Waals surface area contributed by atoms with Crippen LogP contribution in [0.15, 0.2) is 85.5 Å². The molecule has 0 aliphatic heterocycles. The third-order valence-electron chi connectivity index (χ3n) is 4.43. The normalized spacial score (nSPS) is 11.5. The van der Waals surface area contributed by atoms with Gasteiger partial charge in [0.1, 0.15) is 5.82 Å². The monoisotopic (exact) mass is 364 g/mol. The molecule has 0 radical (unpaired) electrons. The Balaban J connectivity index is 1.87. The van der Waals surface area contributed by atoms with E-state index in [1.165, 1.54) is 17.7 Å². The fourth-order valence-electron chi connectivity index (χ4n) is 2.96. The predicted molar refractivity (Wildman–Crippen MR) is 106 cm³/mol. The van der Waals surface area contributed by atoms with Crippen LogP contribution < -0.4 is 0 Å². The molecule has 0 unspecified atom stereocenters. The first-order chi connectivity index (χ1) is 13.0. The number of hydrogen-bond acceptors (Lipinski definition) is 0. The molecular formula is C24H19F3.